The highest BCUT2D eigenvalue weighted by Crippen LogP contribution is 2.30. The molecular formula is C22H19N3O. The van der Waals surface area contributed by atoms with E-state index in [1.54, 1.807) is 24.3 Å². The Morgan fingerprint density at radius 2 is 2.00 bits per heavy atom. The quantitative estimate of drug-likeness (QED) is 0.744. The van der Waals surface area contributed by atoms with E-state index in [9.17, 15) is 4.79 Å². The second-order valence-electron chi connectivity index (χ2n) is 6.79. The van der Waals surface area contributed by atoms with Crippen molar-refractivity contribution in [3.8, 4) is 6.07 Å². The van der Waals surface area contributed by atoms with Crippen LogP contribution in [0.1, 0.15) is 45.6 Å². The minimum atomic E-state index is -0.128. The van der Waals surface area contributed by atoms with Gasteiger partial charge in [-0.15, -0.1) is 0 Å². The van der Waals surface area contributed by atoms with E-state index >= 15 is 0 Å². The summed E-state index contributed by atoms with van der Waals surface area (Å²) < 4.78 is 0. The topological polar surface area (TPSA) is 65.8 Å². The molecule has 2 aromatic carbocycles. The molecule has 1 amide bonds. The molecule has 26 heavy (non-hydrogen) atoms. The first-order valence-corrected chi connectivity index (χ1v) is 8.89. The van der Waals surface area contributed by atoms with Crippen molar-refractivity contribution >= 4 is 22.5 Å². The molecule has 4 nitrogen and oxygen atoms in total. The van der Waals surface area contributed by atoms with Gasteiger partial charge < -0.3 is 5.32 Å². The first-order chi connectivity index (χ1) is 12.7. The molecule has 1 heterocycles. The molecule has 4 heteroatoms. The molecule has 1 aromatic heterocycles. The summed E-state index contributed by atoms with van der Waals surface area (Å²) in [6, 6.07) is 15.2. The monoisotopic (exact) mass is 341 g/mol. The second kappa shape index (κ2) is 6.61. The van der Waals surface area contributed by atoms with Crippen LogP contribution >= 0.6 is 0 Å². The summed E-state index contributed by atoms with van der Waals surface area (Å²) in [5.41, 5.74) is 5.99. The Morgan fingerprint density at radius 3 is 2.85 bits per heavy atom. The van der Waals surface area contributed by atoms with E-state index < -0.39 is 0 Å². The minimum Gasteiger partial charge on any atom is -0.322 e. The lowest BCUT2D eigenvalue weighted by atomic mass is 9.89. The predicted molar refractivity (Wildman–Crippen MR) is 102 cm³/mol. The van der Waals surface area contributed by atoms with Crippen molar-refractivity contribution in [1.82, 2.24) is 4.98 Å². The summed E-state index contributed by atoms with van der Waals surface area (Å²) in [4.78, 5) is 18.0. The second-order valence-corrected chi connectivity index (χ2v) is 6.79. The fraction of sp³-hybridized carbons (Fsp3) is 0.227. The summed E-state index contributed by atoms with van der Waals surface area (Å²) in [5.74, 6) is -0.128. The Hall–Kier alpha value is -3.19. The number of nitrogens with one attached hydrogen (secondary N) is 1. The fourth-order valence-electron chi connectivity index (χ4n) is 3.66. The number of hydrogen-bond acceptors (Lipinski definition) is 3. The number of hydrogen-bond donors (Lipinski definition) is 1. The Morgan fingerprint density at radius 1 is 1.15 bits per heavy atom. The number of nitrogens with zero attached hydrogens (tertiary/aromatic N) is 2. The maximum Gasteiger partial charge on any atom is 0.256 e. The average Bonchev–Trinajstić information content (AvgIpc) is 2.66. The molecule has 0 bridgehead atoms. The number of pyridine rings is 1. The number of fused-ring (bicyclic) bond motifs is 2. The van der Waals surface area contributed by atoms with E-state index in [0.29, 0.717) is 11.3 Å². The first-order valence-electron chi connectivity index (χ1n) is 8.89. The molecule has 4 rings (SSSR count). The van der Waals surface area contributed by atoms with Crippen molar-refractivity contribution in [2.45, 2.75) is 32.6 Å². The van der Waals surface area contributed by atoms with Crippen molar-refractivity contribution in [1.29, 1.82) is 5.26 Å². The van der Waals surface area contributed by atoms with E-state index in [1.165, 1.54) is 0 Å². The average molecular weight is 341 g/mol. The van der Waals surface area contributed by atoms with Crippen molar-refractivity contribution in [2.75, 3.05) is 5.32 Å². The van der Waals surface area contributed by atoms with Gasteiger partial charge in [-0.1, -0.05) is 17.7 Å². The number of nitriles is 1. The molecule has 3 aromatic rings. The van der Waals surface area contributed by atoms with Crippen molar-refractivity contribution in [2.24, 2.45) is 0 Å². The number of aryl methyl sites for hydroxylation is 2. The number of rotatable bonds is 2. The van der Waals surface area contributed by atoms with Gasteiger partial charge in [0.2, 0.25) is 0 Å². The zero-order valence-electron chi connectivity index (χ0n) is 14.7. The van der Waals surface area contributed by atoms with Crippen LogP contribution < -0.4 is 5.32 Å². The Bertz CT molecular complexity index is 1060. The lowest BCUT2D eigenvalue weighted by Gasteiger charge is -2.20. The predicted octanol–water partition coefficient (Wildman–Crippen LogP) is 4.55. The molecule has 0 atom stereocenters. The number of carbonyl (C=O) groups excluding carboxylic acids is 1. The first kappa shape index (κ1) is 16.3. The molecule has 0 saturated carbocycles. The summed E-state index contributed by atoms with van der Waals surface area (Å²) in [6.45, 7) is 2.02. The van der Waals surface area contributed by atoms with E-state index in [0.717, 1.165) is 59.0 Å². The number of anilines is 1. The van der Waals surface area contributed by atoms with Crippen LogP contribution in [0.3, 0.4) is 0 Å². The molecule has 1 aliphatic carbocycles. The van der Waals surface area contributed by atoms with Crippen LogP contribution in [0.25, 0.3) is 10.9 Å². The number of aromatic nitrogens is 1. The van der Waals surface area contributed by atoms with Gasteiger partial charge in [-0.2, -0.15) is 5.26 Å². The van der Waals surface area contributed by atoms with Gasteiger partial charge in [0, 0.05) is 16.8 Å². The molecule has 1 aliphatic rings. The minimum absolute atomic E-state index is 0.128. The standard InChI is InChI=1S/C22H19N3O/c1-14-9-10-20-18(11-14)21(17-7-2-3-8-19(17)25-20)22(26)24-16-6-4-5-15(12-16)13-23/h4-6,9-12H,2-3,7-8H2,1H3,(H,24,26). The number of carbonyl (C=O) groups is 1. The maximum absolute atomic E-state index is 13.2. The van der Waals surface area contributed by atoms with Crippen LogP contribution in [0, 0.1) is 18.3 Å². The molecule has 0 aliphatic heterocycles. The maximum atomic E-state index is 13.2. The van der Waals surface area contributed by atoms with Gasteiger partial charge in [0.05, 0.1) is 22.7 Å². The largest absolute Gasteiger partial charge is 0.322 e. The summed E-state index contributed by atoms with van der Waals surface area (Å²) in [7, 11) is 0. The summed E-state index contributed by atoms with van der Waals surface area (Å²) >= 11 is 0. The van der Waals surface area contributed by atoms with E-state index in [-0.39, 0.29) is 5.91 Å². The van der Waals surface area contributed by atoms with Gasteiger partial charge in [-0.05, 0) is 68.5 Å². The molecule has 0 radical (unpaired) electrons. The van der Waals surface area contributed by atoms with Crippen LogP contribution in [0.5, 0.6) is 0 Å². The van der Waals surface area contributed by atoms with Gasteiger partial charge in [-0.25, -0.2) is 0 Å². The van der Waals surface area contributed by atoms with Crippen LogP contribution in [0.4, 0.5) is 5.69 Å². The Kier molecular flexibility index (Phi) is 4.14. The highest BCUT2D eigenvalue weighted by molar-refractivity contribution is 6.13. The molecule has 1 N–H and O–H groups in total. The fourth-order valence-corrected chi connectivity index (χ4v) is 3.66. The van der Waals surface area contributed by atoms with Crippen LogP contribution in [0.15, 0.2) is 42.5 Å². The van der Waals surface area contributed by atoms with Crippen molar-refractivity contribution in [3.05, 3.63) is 70.4 Å². The molecular weight excluding hydrogens is 322 g/mol. The van der Waals surface area contributed by atoms with Crippen LogP contribution in [0.2, 0.25) is 0 Å². The summed E-state index contributed by atoms with van der Waals surface area (Å²) in [6.07, 6.45) is 4.00. The smallest absolute Gasteiger partial charge is 0.256 e. The number of benzene rings is 2. The number of amides is 1. The van der Waals surface area contributed by atoms with Gasteiger partial charge in [-0.3, -0.25) is 9.78 Å². The van der Waals surface area contributed by atoms with Gasteiger partial charge in [0.1, 0.15) is 0 Å². The molecule has 0 saturated heterocycles. The molecule has 128 valence electrons. The van der Waals surface area contributed by atoms with E-state index in [4.69, 9.17) is 10.2 Å². The van der Waals surface area contributed by atoms with Gasteiger partial charge in [0.15, 0.2) is 0 Å². The van der Waals surface area contributed by atoms with Crippen molar-refractivity contribution in [3.63, 3.8) is 0 Å². The highest BCUT2D eigenvalue weighted by Gasteiger charge is 2.22. The summed E-state index contributed by atoms with van der Waals surface area (Å²) in [5, 5.41) is 13.0. The third-order valence-electron chi connectivity index (χ3n) is 4.89. The third kappa shape index (κ3) is 2.93. The third-order valence-corrected chi connectivity index (χ3v) is 4.89. The lowest BCUT2D eigenvalue weighted by molar-refractivity contribution is 0.102. The normalized spacial score (nSPS) is 13.1. The molecule has 0 spiro atoms. The highest BCUT2D eigenvalue weighted by atomic mass is 16.1. The molecule has 0 unspecified atom stereocenters. The lowest BCUT2D eigenvalue weighted by Crippen LogP contribution is -2.19. The van der Waals surface area contributed by atoms with Gasteiger partial charge >= 0.3 is 0 Å². The van der Waals surface area contributed by atoms with Crippen molar-refractivity contribution < 1.29 is 4.79 Å². The Balaban J connectivity index is 1.84. The van der Waals surface area contributed by atoms with E-state index in [2.05, 4.69) is 11.4 Å². The van der Waals surface area contributed by atoms with Gasteiger partial charge in [0.25, 0.3) is 5.91 Å². The van der Waals surface area contributed by atoms with Crippen LogP contribution in [-0.2, 0) is 12.8 Å². The Labute approximate surface area is 152 Å². The van der Waals surface area contributed by atoms with Crippen LogP contribution in [-0.4, -0.2) is 10.9 Å². The zero-order chi connectivity index (χ0) is 18.1. The van der Waals surface area contributed by atoms with E-state index in [1.807, 2.05) is 25.1 Å². The molecule has 0 fully saturated rings. The zero-order valence-corrected chi connectivity index (χ0v) is 14.7. The SMILES string of the molecule is Cc1ccc2nc3c(c(C(=O)Nc4cccc(C#N)c4)c2c1)CCCC3.